The number of nitrogens with one attached hydrogen (secondary N) is 1. The highest BCUT2D eigenvalue weighted by Gasteiger charge is 2.12. The number of para-hydroxylation sites is 1. The zero-order valence-corrected chi connectivity index (χ0v) is 14.0. The summed E-state index contributed by atoms with van der Waals surface area (Å²) in [7, 11) is 3.16. The van der Waals surface area contributed by atoms with E-state index in [9.17, 15) is 4.79 Å². The SMILES string of the molecule is COc1ccc(CNC(=O)c2cnn(-c3ccccc3)n2)c(OC)c1. The van der Waals surface area contributed by atoms with Crippen molar-refractivity contribution in [2.24, 2.45) is 0 Å². The van der Waals surface area contributed by atoms with E-state index < -0.39 is 0 Å². The van der Waals surface area contributed by atoms with Crippen molar-refractivity contribution in [3.63, 3.8) is 0 Å². The number of amides is 1. The predicted octanol–water partition coefficient (Wildman–Crippen LogP) is 2.21. The molecule has 7 heteroatoms. The normalized spacial score (nSPS) is 10.3. The number of carbonyl (C=O) groups excluding carboxylic acids is 1. The van der Waals surface area contributed by atoms with Crippen LogP contribution in [0.1, 0.15) is 16.1 Å². The Balaban J connectivity index is 1.68. The van der Waals surface area contributed by atoms with E-state index in [0.29, 0.717) is 18.0 Å². The first kappa shape index (κ1) is 16.5. The highest BCUT2D eigenvalue weighted by atomic mass is 16.5. The van der Waals surface area contributed by atoms with Gasteiger partial charge in [-0.15, -0.1) is 5.10 Å². The van der Waals surface area contributed by atoms with Crippen LogP contribution in [0.2, 0.25) is 0 Å². The third kappa shape index (κ3) is 3.77. The molecule has 1 heterocycles. The Hall–Kier alpha value is -3.35. The molecule has 0 bridgehead atoms. The van der Waals surface area contributed by atoms with E-state index in [0.717, 1.165) is 11.3 Å². The molecule has 1 amide bonds. The molecule has 0 saturated heterocycles. The average Bonchev–Trinajstić information content (AvgIpc) is 3.17. The molecule has 0 fully saturated rings. The van der Waals surface area contributed by atoms with Crippen molar-refractivity contribution in [2.75, 3.05) is 14.2 Å². The average molecular weight is 338 g/mol. The molecule has 0 aliphatic heterocycles. The van der Waals surface area contributed by atoms with Gasteiger partial charge in [0.2, 0.25) is 0 Å². The number of methoxy groups -OCH3 is 2. The van der Waals surface area contributed by atoms with Crippen LogP contribution in [0, 0.1) is 0 Å². The van der Waals surface area contributed by atoms with Crippen LogP contribution in [-0.4, -0.2) is 35.1 Å². The summed E-state index contributed by atoms with van der Waals surface area (Å²) in [5, 5.41) is 11.1. The van der Waals surface area contributed by atoms with Gasteiger partial charge in [-0.2, -0.15) is 9.90 Å². The maximum Gasteiger partial charge on any atom is 0.273 e. The first-order valence-electron chi connectivity index (χ1n) is 7.68. The van der Waals surface area contributed by atoms with Crippen LogP contribution in [0.15, 0.2) is 54.7 Å². The van der Waals surface area contributed by atoms with Crippen molar-refractivity contribution in [2.45, 2.75) is 6.54 Å². The van der Waals surface area contributed by atoms with Gasteiger partial charge in [-0.25, -0.2) is 0 Å². The van der Waals surface area contributed by atoms with Crippen LogP contribution in [0.4, 0.5) is 0 Å². The van der Waals surface area contributed by atoms with Gasteiger partial charge in [0.25, 0.3) is 5.91 Å². The van der Waals surface area contributed by atoms with Gasteiger partial charge < -0.3 is 14.8 Å². The number of hydrogen-bond acceptors (Lipinski definition) is 5. The monoisotopic (exact) mass is 338 g/mol. The fourth-order valence-corrected chi connectivity index (χ4v) is 2.32. The maximum atomic E-state index is 12.3. The van der Waals surface area contributed by atoms with Gasteiger partial charge >= 0.3 is 0 Å². The molecule has 1 aromatic heterocycles. The number of aromatic nitrogens is 3. The predicted molar refractivity (Wildman–Crippen MR) is 92.1 cm³/mol. The third-order valence-electron chi connectivity index (χ3n) is 3.65. The maximum absolute atomic E-state index is 12.3. The molecule has 3 aromatic rings. The third-order valence-corrected chi connectivity index (χ3v) is 3.65. The van der Waals surface area contributed by atoms with Crippen LogP contribution in [0.25, 0.3) is 5.69 Å². The molecule has 128 valence electrons. The first-order chi connectivity index (χ1) is 12.2. The molecule has 0 radical (unpaired) electrons. The fourth-order valence-electron chi connectivity index (χ4n) is 2.32. The zero-order chi connectivity index (χ0) is 17.6. The quantitative estimate of drug-likeness (QED) is 0.745. The van der Waals surface area contributed by atoms with E-state index in [4.69, 9.17) is 9.47 Å². The number of benzene rings is 2. The highest BCUT2D eigenvalue weighted by Crippen LogP contribution is 2.24. The largest absolute Gasteiger partial charge is 0.497 e. The van der Waals surface area contributed by atoms with Crippen LogP contribution < -0.4 is 14.8 Å². The fraction of sp³-hybridized carbons (Fsp3) is 0.167. The van der Waals surface area contributed by atoms with Gasteiger partial charge in [-0.3, -0.25) is 4.79 Å². The van der Waals surface area contributed by atoms with E-state index in [1.165, 1.54) is 11.0 Å². The lowest BCUT2D eigenvalue weighted by atomic mass is 10.2. The van der Waals surface area contributed by atoms with Crippen molar-refractivity contribution in [3.05, 3.63) is 66.0 Å². The highest BCUT2D eigenvalue weighted by molar-refractivity contribution is 5.91. The molecular formula is C18H18N4O3. The Bertz CT molecular complexity index is 862. The summed E-state index contributed by atoms with van der Waals surface area (Å²) in [6.45, 7) is 0.310. The molecule has 0 spiro atoms. The lowest BCUT2D eigenvalue weighted by molar-refractivity contribution is 0.0945. The van der Waals surface area contributed by atoms with Crippen LogP contribution in [0.5, 0.6) is 11.5 Å². The number of rotatable bonds is 6. The van der Waals surface area contributed by atoms with Crippen LogP contribution in [0.3, 0.4) is 0 Å². The Morgan fingerprint density at radius 2 is 1.92 bits per heavy atom. The standard InChI is InChI=1S/C18H18N4O3/c1-24-15-9-8-13(17(10-15)25-2)11-19-18(23)16-12-20-22(21-16)14-6-4-3-5-7-14/h3-10,12H,11H2,1-2H3,(H,19,23). The molecular weight excluding hydrogens is 320 g/mol. The van der Waals surface area contributed by atoms with Gasteiger partial charge in [-0.1, -0.05) is 18.2 Å². The number of nitrogens with zero attached hydrogens (tertiary/aromatic N) is 3. The summed E-state index contributed by atoms with van der Waals surface area (Å²) in [6.07, 6.45) is 1.44. The molecule has 0 aliphatic rings. The van der Waals surface area contributed by atoms with Gasteiger partial charge in [0.1, 0.15) is 11.5 Å². The second-order valence-corrected chi connectivity index (χ2v) is 5.22. The van der Waals surface area contributed by atoms with Crippen molar-refractivity contribution >= 4 is 5.91 Å². The van der Waals surface area contributed by atoms with Crippen molar-refractivity contribution < 1.29 is 14.3 Å². The van der Waals surface area contributed by atoms with Gasteiger partial charge in [-0.05, 0) is 24.3 Å². The molecule has 2 aromatic carbocycles. The van der Waals surface area contributed by atoms with Crippen LogP contribution in [-0.2, 0) is 6.54 Å². The molecule has 3 rings (SSSR count). The van der Waals surface area contributed by atoms with Crippen molar-refractivity contribution in [3.8, 4) is 17.2 Å². The minimum absolute atomic E-state index is 0.247. The summed E-state index contributed by atoms with van der Waals surface area (Å²) in [6, 6.07) is 14.8. The summed E-state index contributed by atoms with van der Waals surface area (Å²) < 4.78 is 10.5. The number of carbonyl (C=O) groups is 1. The Kier molecular flexibility index (Phi) is 4.94. The van der Waals surface area contributed by atoms with Crippen LogP contribution >= 0.6 is 0 Å². The summed E-state index contributed by atoms with van der Waals surface area (Å²) in [5.74, 6) is 1.03. The Morgan fingerprint density at radius 3 is 2.64 bits per heavy atom. The first-order valence-corrected chi connectivity index (χ1v) is 7.68. The second-order valence-electron chi connectivity index (χ2n) is 5.22. The Labute approximate surface area is 145 Å². The van der Waals surface area contributed by atoms with E-state index in [1.54, 1.807) is 20.3 Å². The zero-order valence-electron chi connectivity index (χ0n) is 14.0. The summed E-state index contributed by atoms with van der Waals surface area (Å²) in [4.78, 5) is 13.7. The van der Waals surface area contributed by atoms with E-state index in [1.807, 2.05) is 42.5 Å². The Morgan fingerprint density at radius 1 is 1.12 bits per heavy atom. The molecule has 0 unspecified atom stereocenters. The minimum atomic E-state index is -0.306. The van der Waals surface area contributed by atoms with Gasteiger partial charge in [0.05, 0.1) is 26.1 Å². The second kappa shape index (κ2) is 7.48. The lowest BCUT2D eigenvalue weighted by Crippen LogP contribution is -2.23. The molecule has 25 heavy (non-hydrogen) atoms. The van der Waals surface area contributed by atoms with Crippen molar-refractivity contribution in [1.29, 1.82) is 0 Å². The lowest BCUT2D eigenvalue weighted by Gasteiger charge is -2.10. The summed E-state index contributed by atoms with van der Waals surface area (Å²) >= 11 is 0. The molecule has 0 aliphatic carbocycles. The smallest absolute Gasteiger partial charge is 0.273 e. The summed E-state index contributed by atoms with van der Waals surface area (Å²) in [5.41, 5.74) is 1.88. The molecule has 0 atom stereocenters. The minimum Gasteiger partial charge on any atom is -0.497 e. The molecule has 0 saturated carbocycles. The topological polar surface area (TPSA) is 78.3 Å². The number of hydrogen-bond donors (Lipinski definition) is 1. The molecule has 1 N–H and O–H groups in total. The number of ether oxygens (including phenoxy) is 2. The molecule has 7 nitrogen and oxygen atoms in total. The van der Waals surface area contributed by atoms with E-state index in [2.05, 4.69) is 15.5 Å². The van der Waals surface area contributed by atoms with E-state index >= 15 is 0 Å². The van der Waals surface area contributed by atoms with E-state index in [-0.39, 0.29) is 11.6 Å². The van der Waals surface area contributed by atoms with Crippen molar-refractivity contribution in [1.82, 2.24) is 20.3 Å². The van der Waals surface area contributed by atoms with Gasteiger partial charge in [0, 0.05) is 18.2 Å². The van der Waals surface area contributed by atoms with Gasteiger partial charge in [0.15, 0.2) is 5.69 Å².